The lowest BCUT2D eigenvalue weighted by Gasteiger charge is -2.25. The average Bonchev–Trinajstić information content (AvgIpc) is 2.60. The van der Waals surface area contributed by atoms with E-state index in [-0.39, 0.29) is 22.6 Å². The van der Waals surface area contributed by atoms with Crippen molar-refractivity contribution in [3.8, 4) is 0 Å². The van der Waals surface area contributed by atoms with Crippen molar-refractivity contribution >= 4 is 21.9 Å². The number of amides is 1. The molecule has 0 saturated heterocycles. The molecule has 1 aliphatic carbocycles. The van der Waals surface area contributed by atoms with Gasteiger partial charge in [-0.3, -0.25) is 9.59 Å². The first kappa shape index (κ1) is 19.4. The second-order valence-corrected chi connectivity index (χ2v) is 8.02. The van der Waals surface area contributed by atoms with Crippen LogP contribution in [0.5, 0.6) is 0 Å². The fourth-order valence-electron chi connectivity index (χ4n) is 3.00. The summed E-state index contributed by atoms with van der Waals surface area (Å²) in [5.41, 5.74) is 0.808. The smallest absolute Gasteiger partial charge is 0.306 e. The molecule has 3 N–H and O–H groups in total. The van der Waals surface area contributed by atoms with Gasteiger partial charge in [0.2, 0.25) is 15.9 Å². The second-order valence-electron chi connectivity index (χ2n) is 6.25. The Labute approximate surface area is 147 Å². The summed E-state index contributed by atoms with van der Waals surface area (Å²) in [6.07, 6.45) is 2.24. The third kappa shape index (κ3) is 5.27. The molecule has 1 fully saturated rings. The van der Waals surface area contributed by atoms with Crippen LogP contribution in [0.1, 0.15) is 38.2 Å². The van der Waals surface area contributed by atoms with Gasteiger partial charge in [-0.05, 0) is 43.4 Å². The number of hydrogen-bond acceptors (Lipinski definition) is 4. The highest BCUT2D eigenvalue weighted by atomic mass is 32.2. The number of carboxylic acids is 1. The molecule has 0 radical (unpaired) electrons. The van der Waals surface area contributed by atoms with Crippen molar-refractivity contribution in [1.29, 1.82) is 0 Å². The minimum atomic E-state index is -3.47. The standard InChI is InChI=1S/C17H24N2O5S/c1-2-19-25(23,24)15-9-3-12(4-10-15)11-18-16(20)13-5-7-14(8-6-13)17(21)22/h3-4,9-10,13-14,19H,2,5-8,11H2,1H3,(H,18,20)(H,21,22). The quantitative estimate of drug-likeness (QED) is 0.675. The number of carbonyl (C=O) groups is 2. The van der Waals surface area contributed by atoms with Crippen LogP contribution in [0.15, 0.2) is 29.2 Å². The van der Waals surface area contributed by atoms with Crippen molar-refractivity contribution in [2.75, 3.05) is 6.54 Å². The fourth-order valence-corrected chi connectivity index (χ4v) is 4.04. The van der Waals surface area contributed by atoms with E-state index in [1.54, 1.807) is 19.1 Å². The monoisotopic (exact) mass is 368 g/mol. The van der Waals surface area contributed by atoms with Crippen LogP contribution < -0.4 is 10.0 Å². The van der Waals surface area contributed by atoms with Gasteiger partial charge in [-0.15, -0.1) is 0 Å². The number of hydrogen-bond donors (Lipinski definition) is 3. The molecule has 7 nitrogen and oxygen atoms in total. The molecule has 0 unspecified atom stereocenters. The van der Waals surface area contributed by atoms with Gasteiger partial charge in [0.25, 0.3) is 0 Å². The van der Waals surface area contributed by atoms with Crippen LogP contribution in [0.3, 0.4) is 0 Å². The highest BCUT2D eigenvalue weighted by Gasteiger charge is 2.29. The topological polar surface area (TPSA) is 113 Å². The molecule has 1 saturated carbocycles. The molecule has 8 heteroatoms. The Bertz CT molecular complexity index is 707. The number of carboxylic acid groups (broad SMARTS) is 1. The maximum Gasteiger partial charge on any atom is 0.306 e. The van der Waals surface area contributed by atoms with Gasteiger partial charge in [0.15, 0.2) is 0 Å². The summed E-state index contributed by atoms with van der Waals surface area (Å²) in [7, 11) is -3.47. The van der Waals surface area contributed by atoms with E-state index in [0.29, 0.717) is 38.8 Å². The van der Waals surface area contributed by atoms with E-state index in [4.69, 9.17) is 5.11 Å². The summed E-state index contributed by atoms with van der Waals surface area (Å²) < 4.78 is 26.2. The summed E-state index contributed by atoms with van der Waals surface area (Å²) in [6.45, 7) is 2.36. The number of aliphatic carboxylic acids is 1. The molecule has 0 bridgehead atoms. The summed E-state index contributed by atoms with van der Waals surface area (Å²) >= 11 is 0. The van der Waals surface area contributed by atoms with E-state index >= 15 is 0 Å². The molecule has 0 aromatic heterocycles. The third-order valence-electron chi connectivity index (χ3n) is 4.48. The van der Waals surface area contributed by atoms with Crippen molar-refractivity contribution in [1.82, 2.24) is 10.0 Å². The van der Waals surface area contributed by atoms with Crippen LogP contribution in [-0.2, 0) is 26.2 Å². The Hall–Kier alpha value is -1.93. The molecule has 0 aliphatic heterocycles. The predicted molar refractivity (Wildman–Crippen MR) is 92.2 cm³/mol. The number of carbonyl (C=O) groups excluding carboxylic acids is 1. The first-order valence-electron chi connectivity index (χ1n) is 8.42. The van der Waals surface area contributed by atoms with Crippen LogP contribution in [0, 0.1) is 11.8 Å². The minimum Gasteiger partial charge on any atom is -0.481 e. The van der Waals surface area contributed by atoms with Crippen molar-refractivity contribution in [3.05, 3.63) is 29.8 Å². The van der Waals surface area contributed by atoms with E-state index in [0.717, 1.165) is 5.56 Å². The maximum atomic E-state index is 12.2. The molecule has 25 heavy (non-hydrogen) atoms. The lowest BCUT2D eigenvalue weighted by molar-refractivity contribution is -0.144. The van der Waals surface area contributed by atoms with Crippen LogP contribution in [-0.4, -0.2) is 31.9 Å². The van der Waals surface area contributed by atoms with Gasteiger partial charge in [-0.25, -0.2) is 13.1 Å². The first-order chi connectivity index (χ1) is 11.8. The van der Waals surface area contributed by atoms with Crippen LogP contribution in [0.4, 0.5) is 0 Å². The Balaban J connectivity index is 1.85. The molecule has 1 aromatic carbocycles. The minimum absolute atomic E-state index is 0.0758. The van der Waals surface area contributed by atoms with E-state index in [1.807, 2.05) is 0 Å². The van der Waals surface area contributed by atoms with Gasteiger partial charge in [-0.1, -0.05) is 19.1 Å². The van der Waals surface area contributed by atoms with E-state index in [2.05, 4.69) is 10.0 Å². The molecular formula is C17H24N2O5S. The lowest BCUT2D eigenvalue weighted by atomic mass is 9.81. The summed E-state index contributed by atoms with van der Waals surface area (Å²) in [4.78, 5) is 23.3. The average molecular weight is 368 g/mol. The van der Waals surface area contributed by atoms with Crippen LogP contribution >= 0.6 is 0 Å². The molecule has 0 heterocycles. The Morgan fingerprint density at radius 2 is 1.64 bits per heavy atom. The molecule has 138 valence electrons. The van der Waals surface area contributed by atoms with Gasteiger partial charge in [0, 0.05) is 19.0 Å². The van der Waals surface area contributed by atoms with E-state index in [9.17, 15) is 18.0 Å². The van der Waals surface area contributed by atoms with Gasteiger partial charge in [0.05, 0.1) is 10.8 Å². The number of nitrogens with one attached hydrogen (secondary N) is 2. The molecule has 1 amide bonds. The number of benzene rings is 1. The van der Waals surface area contributed by atoms with Crippen molar-refractivity contribution in [2.45, 2.75) is 44.0 Å². The SMILES string of the molecule is CCNS(=O)(=O)c1ccc(CNC(=O)C2CCC(C(=O)O)CC2)cc1. The van der Waals surface area contributed by atoms with Gasteiger partial charge in [0.1, 0.15) is 0 Å². The first-order valence-corrected chi connectivity index (χ1v) is 9.91. The van der Waals surface area contributed by atoms with Crippen molar-refractivity contribution in [2.24, 2.45) is 11.8 Å². The van der Waals surface area contributed by atoms with Gasteiger partial charge < -0.3 is 10.4 Å². The summed E-state index contributed by atoms with van der Waals surface area (Å²) in [5, 5.41) is 11.8. The Kier molecular flexibility index (Phi) is 6.55. The molecule has 0 spiro atoms. The van der Waals surface area contributed by atoms with Gasteiger partial charge >= 0.3 is 5.97 Å². The third-order valence-corrected chi connectivity index (χ3v) is 6.04. The lowest BCUT2D eigenvalue weighted by Crippen LogP contribution is -2.34. The molecule has 0 atom stereocenters. The normalized spacial score (nSPS) is 20.8. The number of rotatable bonds is 7. The van der Waals surface area contributed by atoms with E-state index in [1.165, 1.54) is 12.1 Å². The van der Waals surface area contributed by atoms with Crippen molar-refractivity contribution in [3.63, 3.8) is 0 Å². The molecule has 2 rings (SSSR count). The summed E-state index contributed by atoms with van der Waals surface area (Å²) in [5.74, 6) is -1.35. The van der Waals surface area contributed by atoms with Crippen molar-refractivity contribution < 1.29 is 23.1 Å². The van der Waals surface area contributed by atoms with E-state index < -0.39 is 16.0 Å². The number of sulfonamides is 1. The zero-order valence-electron chi connectivity index (χ0n) is 14.2. The highest BCUT2D eigenvalue weighted by molar-refractivity contribution is 7.89. The zero-order valence-corrected chi connectivity index (χ0v) is 15.0. The van der Waals surface area contributed by atoms with Crippen LogP contribution in [0.25, 0.3) is 0 Å². The second kappa shape index (κ2) is 8.44. The fraction of sp³-hybridized carbons (Fsp3) is 0.529. The zero-order chi connectivity index (χ0) is 18.4. The maximum absolute atomic E-state index is 12.2. The van der Waals surface area contributed by atoms with Crippen LogP contribution in [0.2, 0.25) is 0 Å². The predicted octanol–water partition coefficient (Wildman–Crippen LogP) is 1.49. The molecule has 1 aromatic rings. The largest absolute Gasteiger partial charge is 0.481 e. The van der Waals surface area contributed by atoms with Gasteiger partial charge in [-0.2, -0.15) is 0 Å². The summed E-state index contributed by atoms with van der Waals surface area (Å²) in [6, 6.07) is 6.37. The molecular weight excluding hydrogens is 344 g/mol. The Morgan fingerprint density at radius 1 is 1.08 bits per heavy atom. The molecule has 1 aliphatic rings. The highest BCUT2D eigenvalue weighted by Crippen LogP contribution is 2.29. The Morgan fingerprint density at radius 3 is 2.16 bits per heavy atom.